The number of ether oxygens (including phenoxy) is 1. The smallest absolute Gasteiger partial charge is 0.119 e. The first-order valence-corrected chi connectivity index (χ1v) is 7.35. The summed E-state index contributed by atoms with van der Waals surface area (Å²) in [6.45, 7) is 8.97. The predicted octanol–water partition coefficient (Wildman–Crippen LogP) is 4.61. The Bertz CT molecular complexity index is 429. The lowest BCUT2D eigenvalue weighted by Gasteiger charge is -2.14. The fourth-order valence-electron chi connectivity index (χ4n) is 1.90. The summed E-state index contributed by atoms with van der Waals surface area (Å²) in [6.07, 6.45) is 3.31. The number of nitrogens with one attached hydrogen (secondary N) is 1. The van der Waals surface area contributed by atoms with Gasteiger partial charge in [0.1, 0.15) is 5.75 Å². The minimum absolute atomic E-state index is 0.199. The lowest BCUT2D eigenvalue weighted by Crippen LogP contribution is -2.09. The third-order valence-corrected chi connectivity index (χ3v) is 3.09. The molecule has 0 unspecified atom stereocenters. The average Bonchev–Trinajstić information content (AvgIpc) is 2.39. The van der Waals surface area contributed by atoms with Crippen molar-refractivity contribution in [3.05, 3.63) is 24.3 Å². The van der Waals surface area contributed by atoms with Crippen molar-refractivity contribution in [3.8, 4) is 11.8 Å². The second-order valence-electron chi connectivity index (χ2n) is 6.07. The molecule has 0 atom stereocenters. The van der Waals surface area contributed by atoms with Crippen LogP contribution < -0.4 is 10.1 Å². The van der Waals surface area contributed by atoms with Crippen LogP contribution in [0, 0.1) is 16.7 Å². The number of nitrogens with zero attached hydrogens (tertiary/aromatic N) is 1. The SMILES string of the molecule is CC(C)Oc1ccc(NCCCCC(C)(C)C#N)cc1. The van der Waals surface area contributed by atoms with Crippen LogP contribution in [0.15, 0.2) is 24.3 Å². The summed E-state index contributed by atoms with van der Waals surface area (Å²) in [6, 6.07) is 10.4. The zero-order chi connectivity index (χ0) is 15.0. The lowest BCUT2D eigenvalue weighted by molar-refractivity contribution is 0.242. The number of hydrogen-bond acceptors (Lipinski definition) is 3. The van der Waals surface area contributed by atoms with E-state index >= 15 is 0 Å². The van der Waals surface area contributed by atoms with Crippen LogP contribution in [0.25, 0.3) is 0 Å². The van der Waals surface area contributed by atoms with Crippen LogP contribution in [-0.4, -0.2) is 12.6 Å². The highest BCUT2D eigenvalue weighted by atomic mass is 16.5. The van der Waals surface area contributed by atoms with Crippen molar-refractivity contribution < 1.29 is 4.74 Å². The maximum Gasteiger partial charge on any atom is 0.119 e. The second kappa shape index (κ2) is 7.79. The summed E-state index contributed by atoms with van der Waals surface area (Å²) >= 11 is 0. The highest BCUT2D eigenvalue weighted by Crippen LogP contribution is 2.22. The summed E-state index contributed by atoms with van der Waals surface area (Å²) < 4.78 is 5.60. The Labute approximate surface area is 123 Å². The fourth-order valence-corrected chi connectivity index (χ4v) is 1.90. The molecular formula is C17H26N2O. The molecular weight excluding hydrogens is 248 g/mol. The Kier molecular flexibility index (Phi) is 6.38. The number of hydrogen-bond donors (Lipinski definition) is 1. The minimum atomic E-state index is -0.199. The molecule has 1 rings (SSSR count). The molecule has 20 heavy (non-hydrogen) atoms. The van der Waals surface area contributed by atoms with E-state index in [1.54, 1.807) is 0 Å². The van der Waals surface area contributed by atoms with Crippen molar-refractivity contribution in [2.75, 3.05) is 11.9 Å². The van der Waals surface area contributed by atoms with E-state index in [4.69, 9.17) is 10.00 Å². The molecule has 0 aromatic heterocycles. The van der Waals surface area contributed by atoms with Crippen LogP contribution in [0.5, 0.6) is 5.75 Å². The normalized spacial score (nSPS) is 11.2. The Morgan fingerprint density at radius 3 is 2.40 bits per heavy atom. The zero-order valence-electron chi connectivity index (χ0n) is 13.1. The molecule has 0 saturated carbocycles. The van der Waals surface area contributed by atoms with E-state index in [1.807, 2.05) is 52.0 Å². The maximum absolute atomic E-state index is 8.94. The molecule has 0 spiro atoms. The molecule has 3 heteroatoms. The topological polar surface area (TPSA) is 45.0 Å². The van der Waals surface area contributed by atoms with Gasteiger partial charge < -0.3 is 10.1 Å². The van der Waals surface area contributed by atoms with E-state index in [9.17, 15) is 0 Å². The molecule has 1 N–H and O–H groups in total. The van der Waals surface area contributed by atoms with Gasteiger partial charge in [0.05, 0.1) is 17.6 Å². The quantitative estimate of drug-likeness (QED) is 0.704. The Morgan fingerprint density at radius 1 is 1.20 bits per heavy atom. The molecule has 1 aromatic rings. The summed E-state index contributed by atoms with van der Waals surface area (Å²) in [5.41, 5.74) is 0.913. The molecule has 110 valence electrons. The maximum atomic E-state index is 8.94. The molecule has 0 aliphatic heterocycles. The van der Waals surface area contributed by atoms with Gasteiger partial charge in [-0.1, -0.05) is 6.42 Å². The molecule has 0 saturated heterocycles. The first-order valence-electron chi connectivity index (χ1n) is 7.35. The fraction of sp³-hybridized carbons (Fsp3) is 0.588. The van der Waals surface area contributed by atoms with Crippen molar-refractivity contribution in [2.24, 2.45) is 5.41 Å². The number of anilines is 1. The monoisotopic (exact) mass is 274 g/mol. The van der Waals surface area contributed by atoms with Crippen LogP contribution in [0.4, 0.5) is 5.69 Å². The first kappa shape index (κ1) is 16.4. The van der Waals surface area contributed by atoms with Gasteiger partial charge in [-0.2, -0.15) is 5.26 Å². The van der Waals surface area contributed by atoms with Gasteiger partial charge in [0.15, 0.2) is 0 Å². The van der Waals surface area contributed by atoms with E-state index < -0.39 is 0 Å². The highest BCUT2D eigenvalue weighted by Gasteiger charge is 2.15. The van der Waals surface area contributed by atoms with Crippen LogP contribution in [0.2, 0.25) is 0 Å². The van der Waals surface area contributed by atoms with E-state index in [-0.39, 0.29) is 11.5 Å². The van der Waals surface area contributed by atoms with Gasteiger partial charge in [-0.3, -0.25) is 0 Å². The standard InChI is InChI=1S/C17H26N2O/c1-14(2)20-16-9-7-15(8-10-16)19-12-6-5-11-17(3,4)13-18/h7-10,14,19H,5-6,11-12H2,1-4H3. The third kappa shape index (κ3) is 6.47. The Balaban J connectivity index is 2.24. The van der Waals surface area contributed by atoms with Crippen molar-refractivity contribution in [2.45, 2.75) is 53.1 Å². The van der Waals surface area contributed by atoms with Gasteiger partial charge in [0.25, 0.3) is 0 Å². The second-order valence-corrected chi connectivity index (χ2v) is 6.07. The molecule has 3 nitrogen and oxygen atoms in total. The van der Waals surface area contributed by atoms with Crippen molar-refractivity contribution >= 4 is 5.69 Å². The largest absolute Gasteiger partial charge is 0.491 e. The minimum Gasteiger partial charge on any atom is -0.491 e. The number of rotatable bonds is 8. The average molecular weight is 274 g/mol. The van der Waals surface area contributed by atoms with Gasteiger partial charge in [-0.05, 0) is 64.8 Å². The zero-order valence-corrected chi connectivity index (χ0v) is 13.1. The molecule has 0 amide bonds. The van der Waals surface area contributed by atoms with Crippen LogP contribution in [0.1, 0.15) is 47.0 Å². The molecule has 0 fully saturated rings. The summed E-state index contributed by atoms with van der Waals surface area (Å²) in [7, 11) is 0. The van der Waals surface area contributed by atoms with Crippen molar-refractivity contribution in [3.63, 3.8) is 0 Å². The molecule has 0 bridgehead atoms. The van der Waals surface area contributed by atoms with E-state index in [2.05, 4.69) is 11.4 Å². The van der Waals surface area contributed by atoms with E-state index in [0.717, 1.165) is 37.2 Å². The van der Waals surface area contributed by atoms with Gasteiger partial charge >= 0.3 is 0 Å². The highest BCUT2D eigenvalue weighted by molar-refractivity contribution is 5.46. The first-order chi connectivity index (χ1) is 9.43. The van der Waals surface area contributed by atoms with E-state index in [1.165, 1.54) is 0 Å². The number of benzene rings is 1. The third-order valence-electron chi connectivity index (χ3n) is 3.09. The summed E-state index contributed by atoms with van der Waals surface area (Å²) in [5, 5.41) is 12.3. The van der Waals surface area contributed by atoms with Crippen LogP contribution in [-0.2, 0) is 0 Å². The lowest BCUT2D eigenvalue weighted by atomic mass is 9.89. The Morgan fingerprint density at radius 2 is 1.85 bits per heavy atom. The molecule has 0 aliphatic rings. The van der Waals surface area contributed by atoms with Gasteiger partial charge in [0.2, 0.25) is 0 Å². The summed E-state index contributed by atoms with van der Waals surface area (Å²) in [5.74, 6) is 0.904. The molecule has 0 heterocycles. The number of unbranched alkanes of at least 4 members (excludes halogenated alkanes) is 1. The van der Waals surface area contributed by atoms with Gasteiger partial charge in [-0.15, -0.1) is 0 Å². The predicted molar refractivity (Wildman–Crippen MR) is 83.9 cm³/mol. The Hall–Kier alpha value is -1.69. The van der Waals surface area contributed by atoms with Crippen molar-refractivity contribution in [1.82, 2.24) is 0 Å². The number of nitriles is 1. The van der Waals surface area contributed by atoms with Crippen LogP contribution in [0.3, 0.4) is 0 Å². The molecule has 0 aliphatic carbocycles. The summed E-state index contributed by atoms with van der Waals surface area (Å²) in [4.78, 5) is 0. The van der Waals surface area contributed by atoms with E-state index in [0.29, 0.717) is 0 Å². The molecule has 1 aromatic carbocycles. The molecule has 0 radical (unpaired) electrons. The van der Waals surface area contributed by atoms with Gasteiger partial charge in [-0.25, -0.2) is 0 Å². The van der Waals surface area contributed by atoms with Crippen LogP contribution >= 0.6 is 0 Å². The van der Waals surface area contributed by atoms with Crippen molar-refractivity contribution in [1.29, 1.82) is 5.26 Å². The van der Waals surface area contributed by atoms with Gasteiger partial charge in [0, 0.05) is 12.2 Å².